The highest BCUT2D eigenvalue weighted by atomic mass is 19.1. The first-order chi connectivity index (χ1) is 17.4. The lowest BCUT2D eigenvalue weighted by atomic mass is 9.94. The Morgan fingerprint density at radius 2 is 1.78 bits per heavy atom. The Morgan fingerprint density at radius 1 is 1.03 bits per heavy atom. The third-order valence-corrected chi connectivity index (χ3v) is 6.04. The van der Waals surface area contributed by atoms with Crippen LogP contribution in [-0.4, -0.2) is 28.2 Å². The molecule has 1 unspecified atom stereocenters. The van der Waals surface area contributed by atoms with Crippen LogP contribution in [0.4, 0.5) is 13.6 Å². The van der Waals surface area contributed by atoms with E-state index in [1.807, 2.05) is 12.1 Å². The number of halogens is 2. The summed E-state index contributed by atoms with van der Waals surface area (Å²) in [6, 6.07) is 18.0. The van der Waals surface area contributed by atoms with Crippen molar-refractivity contribution in [1.29, 1.82) is 0 Å². The second-order valence-corrected chi connectivity index (χ2v) is 8.30. The molecule has 1 aromatic heterocycles. The van der Waals surface area contributed by atoms with Gasteiger partial charge in [0.15, 0.2) is 0 Å². The SMILES string of the molecule is COc1ccc(-c2noc(C3=C(C)N(Cc4ccc(F)cc4)C(=O)NC3c3cccc(F)c3)n2)cc1. The molecule has 0 fully saturated rings. The molecule has 0 saturated heterocycles. The lowest BCUT2D eigenvalue weighted by molar-refractivity contribution is 0.203. The average molecular weight is 488 g/mol. The molecule has 0 aliphatic carbocycles. The second kappa shape index (κ2) is 9.61. The molecule has 2 amide bonds. The largest absolute Gasteiger partial charge is 0.497 e. The molecule has 7 nitrogen and oxygen atoms in total. The van der Waals surface area contributed by atoms with E-state index in [0.29, 0.717) is 28.4 Å². The van der Waals surface area contributed by atoms with Crippen molar-refractivity contribution < 1.29 is 22.8 Å². The normalized spacial score (nSPS) is 15.7. The minimum atomic E-state index is -0.721. The van der Waals surface area contributed by atoms with Crippen LogP contribution >= 0.6 is 0 Å². The van der Waals surface area contributed by atoms with Crippen molar-refractivity contribution in [3.05, 3.63) is 107 Å². The Labute approximate surface area is 206 Å². The smallest absolute Gasteiger partial charge is 0.322 e. The number of nitrogens with zero attached hydrogens (tertiary/aromatic N) is 3. The average Bonchev–Trinajstić information content (AvgIpc) is 3.37. The minimum absolute atomic E-state index is 0.191. The number of hydrogen-bond acceptors (Lipinski definition) is 5. The molecule has 9 heteroatoms. The van der Waals surface area contributed by atoms with Crippen molar-refractivity contribution in [1.82, 2.24) is 20.4 Å². The maximum Gasteiger partial charge on any atom is 0.322 e. The van der Waals surface area contributed by atoms with E-state index < -0.39 is 11.9 Å². The van der Waals surface area contributed by atoms with E-state index in [1.54, 1.807) is 50.4 Å². The zero-order valence-corrected chi connectivity index (χ0v) is 19.5. The maximum atomic E-state index is 14.1. The summed E-state index contributed by atoms with van der Waals surface area (Å²) in [5.74, 6) is 0.443. The summed E-state index contributed by atoms with van der Waals surface area (Å²) < 4.78 is 38.3. The summed E-state index contributed by atoms with van der Waals surface area (Å²) in [6.07, 6.45) is 0. The first kappa shape index (κ1) is 23.2. The van der Waals surface area contributed by atoms with Crippen LogP contribution in [0.1, 0.15) is 30.0 Å². The molecule has 2 heterocycles. The number of urea groups is 1. The van der Waals surface area contributed by atoms with Gasteiger partial charge in [-0.25, -0.2) is 13.6 Å². The van der Waals surface area contributed by atoms with Crippen LogP contribution in [0.25, 0.3) is 17.0 Å². The number of benzene rings is 3. The highest BCUT2D eigenvalue weighted by molar-refractivity contribution is 5.86. The molecule has 0 saturated carbocycles. The van der Waals surface area contributed by atoms with Gasteiger partial charge in [0.2, 0.25) is 5.82 Å². The van der Waals surface area contributed by atoms with Gasteiger partial charge in [-0.3, -0.25) is 4.90 Å². The number of carbonyl (C=O) groups excluding carboxylic acids is 1. The van der Waals surface area contributed by atoms with Gasteiger partial charge in [-0.05, 0) is 66.6 Å². The summed E-state index contributed by atoms with van der Waals surface area (Å²) in [6.45, 7) is 1.96. The summed E-state index contributed by atoms with van der Waals surface area (Å²) in [5, 5.41) is 7.06. The number of amides is 2. The van der Waals surface area contributed by atoms with Gasteiger partial charge in [-0.15, -0.1) is 0 Å². The lowest BCUT2D eigenvalue weighted by Crippen LogP contribution is -2.45. The number of rotatable bonds is 6. The van der Waals surface area contributed by atoms with Gasteiger partial charge in [0.25, 0.3) is 5.89 Å². The second-order valence-electron chi connectivity index (χ2n) is 8.30. The number of carbonyl (C=O) groups is 1. The number of methoxy groups -OCH3 is 1. The molecule has 1 aliphatic heterocycles. The van der Waals surface area contributed by atoms with E-state index in [0.717, 1.165) is 11.1 Å². The summed E-state index contributed by atoms with van der Waals surface area (Å²) in [5.41, 5.74) is 3.08. The van der Waals surface area contributed by atoms with E-state index in [9.17, 15) is 13.6 Å². The molecule has 4 aromatic rings. The molecule has 0 bridgehead atoms. The van der Waals surface area contributed by atoms with Crippen molar-refractivity contribution in [2.24, 2.45) is 0 Å². The molecule has 5 rings (SSSR count). The number of nitrogens with one attached hydrogen (secondary N) is 1. The number of hydrogen-bond donors (Lipinski definition) is 1. The van der Waals surface area contributed by atoms with Crippen molar-refractivity contribution in [2.75, 3.05) is 7.11 Å². The summed E-state index contributed by atoms with van der Waals surface area (Å²) >= 11 is 0. The van der Waals surface area contributed by atoms with Crippen molar-refractivity contribution in [2.45, 2.75) is 19.5 Å². The van der Waals surface area contributed by atoms with Gasteiger partial charge >= 0.3 is 6.03 Å². The Hall–Kier alpha value is -4.53. The Bertz CT molecular complexity index is 1430. The molecule has 1 aliphatic rings. The molecular formula is C27H22F2N4O3. The van der Waals surface area contributed by atoms with Crippen LogP contribution in [-0.2, 0) is 6.54 Å². The molecule has 1 N–H and O–H groups in total. The minimum Gasteiger partial charge on any atom is -0.497 e. The van der Waals surface area contributed by atoms with E-state index in [1.165, 1.54) is 29.2 Å². The van der Waals surface area contributed by atoms with Gasteiger partial charge in [-0.1, -0.05) is 29.4 Å². The Kier molecular flexibility index (Phi) is 6.20. The van der Waals surface area contributed by atoms with Crippen LogP contribution in [0.2, 0.25) is 0 Å². The van der Waals surface area contributed by atoms with Gasteiger partial charge in [0, 0.05) is 11.3 Å². The molecular weight excluding hydrogens is 466 g/mol. The predicted molar refractivity (Wildman–Crippen MR) is 128 cm³/mol. The van der Waals surface area contributed by atoms with Gasteiger partial charge in [0.1, 0.15) is 17.4 Å². The van der Waals surface area contributed by atoms with Crippen molar-refractivity contribution >= 4 is 11.6 Å². The number of aromatic nitrogens is 2. The van der Waals surface area contributed by atoms with Gasteiger partial charge < -0.3 is 14.6 Å². The maximum absolute atomic E-state index is 14.1. The molecule has 182 valence electrons. The van der Waals surface area contributed by atoms with Crippen LogP contribution in [0.15, 0.2) is 83.0 Å². The van der Waals surface area contributed by atoms with Gasteiger partial charge in [0.05, 0.1) is 25.3 Å². The van der Waals surface area contributed by atoms with E-state index >= 15 is 0 Å². The molecule has 0 spiro atoms. The van der Waals surface area contributed by atoms with E-state index in [4.69, 9.17) is 9.26 Å². The fourth-order valence-corrected chi connectivity index (χ4v) is 4.15. The third kappa shape index (κ3) is 4.55. The van der Waals surface area contributed by atoms with Crippen molar-refractivity contribution in [3.63, 3.8) is 0 Å². The van der Waals surface area contributed by atoms with Crippen LogP contribution in [0.3, 0.4) is 0 Å². The molecule has 0 radical (unpaired) electrons. The zero-order valence-electron chi connectivity index (χ0n) is 19.5. The standard InChI is InChI=1S/C27H22F2N4O3/c1-16-23(26-31-25(32-36-26)18-8-12-22(35-2)13-9-18)24(19-4-3-5-21(29)14-19)30-27(34)33(16)15-17-6-10-20(28)11-7-17/h3-14,24H,15H2,1-2H3,(H,30,34). The molecule has 1 atom stereocenters. The Morgan fingerprint density at radius 3 is 2.47 bits per heavy atom. The first-order valence-corrected chi connectivity index (χ1v) is 11.2. The fourth-order valence-electron chi connectivity index (χ4n) is 4.15. The first-order valence-electron chi connectivity index (χ1n) is 11.2. The molecule has 3 aromatic carbocycles. The molecule has 36 heavy (non-hydrogen) atoms. The van der Waals surface area contributed by atoms with Crippen LogP contribution in [0.5, 0.6) is 5.75 Å². The number of ether oxygens (including phenoxy) is 1. The van der Waals surface area contributed by atoms with Gasteiger partial charge in [-0.2, -0.15) is 4.98 Å². The van der Waals surface area contributed by atoms with Crippen LogP contribution < -0.4 is 10.1 Å². The van der Waals surface area contributed by atoms with Crippen LogP contribution in [0, 0.1) is 11.6 Å². The monoisotopic (exact) mass is 488 g/mol. The van der Waals surface area contributed by atoms with E-state index in [-0.39, 0.29) is 24.3 Å². The summed E-state index contributed by atoms with van der Waals surface area (Å²) in [7, 11) is 1.58. The third-order valence-electron chi connectivity index (χ3n) is 6.04. The topological polar surface area (TPSA) is 80.5 Å². The summed E-state index contributed by atoms with van der Waals surface area (Å²) in [4.78, 5) is 19.2. The predicted octanol–water partition coefficient (Wildman–Crippen LogP) is 5.72. The number of allylic oxidation sites excluding steroid dienone is 1. The quantitative estimate of drug-likeness (QED) is 0.375. The zero-order chi connectivity index (χ0) is 25.2. The highest BCUT2D eigenvalue weighted by Crippen LogP contribution is 2.38. The highest BCUT2D eigenvalue weighted by Gasteiger charge is 2.36. The lowest BCUT2D eigenvalue weighted by Gasteiger charge is -2.35. The van der Waals surface area contributed by atoms with Crippen molar-refractivity contribution in [3.8, 4) is 17.1 Å². The fraction of sp³-hybridized carbons (Fsp3) is 0.148. The van der Waals surface area contributed by atoms with E-state index in [2.05, 4.69) is 15.5 Å². The Balaban J connectivity index is 1.58.